The standard InChI is InChI=1S/C116H86BN5/c1-115(2,3)85-69-93(77-38-18-9-19-39-77)113(94(70-85)78-40-20-10-21-41-78)121-108-73-88(119-103-52-32-29-49-91(103)97-64-81(54-61-106(97)119)75-34-14-7-15-35-75)57-59-100(108)117-101-60-58-89(120-104-53-33-30-50-92(104)98-65-82(55-62-107(98)120)76-36-16-8-17-37-76)74-109(101)122(114-95(79-42-22-11-23-43-79)71-86(116(4,5)6)72-96(114)80-44-24-12-25-45-80)111-68-84(67-110(121)112(111)117)83-56-63-105-99(66-83)90-48-28-31-51-102(90)118(105)87-46-26-13-27-47-87/h7-74H,1-6H3/i7D,8D,14D,15D,16D,17D,29D,30D,32D,33D,34D,35D,36D,37D,49D,50D,52D,53D,54D,55D,57D,58D,59D,60D,61D,62D,64D,65D,73D,74D. The van der Waals surface area contributed by atoms with Crippen molar-refractivity contribution in [3.63, 3.8) is 0 Å². The lowest BCUT2D eigenvalue weighted by atomic mass is 9.33. The maximum atomic E-state index is 12.2. The Labute approximate surface area is 754 Å². The van der Waals surface area contributed by atoms with Crippen LogP contribution in [0.2, 0.25) is 0 Å². The Hall–Kier alpha value is -15.0. The summed E-state index contributed by atoms with van der Waals surface area (Å²) in [5, 5.41) is -0.600. The van der Waals surface area contributed by atoms with Crippen molar-refractivity contribution in [1.29, 1.82) is 0 Å². The van der Waals surface area contributed by atoms with Crippen molar-refractivity contribution in [2.24, 2.45) is 0 Å². The van der Waals surface area contributed by atoms with Gasteiger partial charge in [0.25, 0.3) is 6.71 Å². The lowest BCUT2D eigenvalue weighted by Gasteiger charge is -2.46. The van der Waals surface area contributed by atoms with Crippen LogP contribution in [0.4, 0.5) is 34.1 Å². The molecule has 0 atom stereocenters. The highest BCUT2D eigenvalue weighted by atomic mass is 15.2. The van der Waals surface area contributed by atoms with Crippen molar-refractivity contribution in [2.75, 3.05) is 9.80 Å². The Morgan fingerprint density at radius 1 is 0.238 bits per heavy atom. The average molecular weight is 1590 g/mol. The summed E-state index contributed by atoms with van der Waals surface area (Å²) >= 11 is 0. The largest absolute Gasteiger partial charge is 0.310 e. The monoisotopic (exact) mass is 1590 g/mol. The zero-order valence-electron chi connectivity index (χ0n) is 96.8. The fraction of sp³-hybridized carbons (Fsp3) is 0.0690. The van der Waals surface area contributed by atoms with Gasteiger partial charge in [-0.05, 0) is 221 Å². The van der Waals surface area contributed by atoms with Crippen LogP contribution in [0, 0.1) is 0 Å². The highest BCUT2D eigenvalue weighted by Crippen LogP contribution is 2.57. The second-order valence-electron chi connectivity index (χ2n) is 32.8. The molecule has 122 heavy (non-hydrogen) atoms. The van der Waals surface area contributed by atoms with Gasteiger partial charge in [-0.15, -0.1) is 0 Å². The molecule has 5 heterocycles. The first-order chi connectivity index (χ1) is 72.3. The summed E-state index contributed by atoms with van der Waals surface area (Å²) in [7, 11) is 0. The van der Waals surface area contributed by atoms with Gasteiger partial charge in [-0.25, -0.2) is 0 Å². The van der Waals surface area contributed by atoms with E-state index in [1.807, 2.05) is 234 Å². The van der Waals surface area contributed by atoms with Crippen molar-refractivity contribution >= 4 is 123 Å². The molecule has 0 radical (unpaired) electrons. The van der Waals surface area contributed by atoms with E-state index in [0.717, 1.165) is 47.8 Å². The van der Waals surface area contributed by atoms with E-state index >= 15 is 0 Å². The van der Waals surface area contributed by atoms with Crippen LogP contribution in [0.25, 0.3) is 160 Å². The topological polar surface area (TPSA) is 21.3 Å². The minimum absolute atomic E-state index is 0.149. The molecule has 0 amide bonds. The molecule has 2 aliphatic rings. The van der Waals surface area contributed by atoms with Gasteiger partial charge in [0.15, 0.2) is 0 Å². The van der Waals surface area contributed by atoms with E-state index in [-0.39, 0.29) is 50.5 Å². The number of para-hydroxylation sites is 4. The predicted molar refractivity (Wildman–Crippen MR) is 519 cm³/mol. The summed E-state index contributed by atoms with van der Waals surface area (Å²) in [6, 6.07) is 47.2. The van der Waals surface area contributed by atoms with Gasteiger partial charge in [-0.2, -0.15) is 0 Å². The lowest BCUT2D eigenvalue weighted by molar-refractivity contribution is 0.590. The minimum atomic E-state index is -1.87. The molecule has 3 aromatic heterocycles. The second kappa shape index (κ2) is 28.4. The molecule has 23 rings (SSSR count). The average Bonchev–Trinajstić information content (AvgIpc) is 0.770. The van der Waals surface area contributed by atoms with Crippen LogP contribution < -0.4 is 26.2 Å². The van der Waals surface area contributed by atoms with Crippen LogP contribution in [0.5, 0.6) is 0 Å². The van der Waals surface area contributed by atoms with Gasteiger partial charge in [0.05, 0.1) is 85.6 Å². The molecule has 578 valence electrons. The van der Waals surface area contributed by atoms with Gasteiger partial charge in [0.1, 0.15) is 0 Å². The van der Waals surface area contributed by atoms with Crippen molar-refractivity contribution in [2.45, 2.75) is 52.4 Å². The number of rotatable bonds is 12. The normalized spacial score (nSPS) is 16.1. The number of anilines is 6. The van der Waals surface area contributed by atoms with Crippen molar-refractivity contribution in [3.8, 4) is 95.0 Å². The number of fused-ring (bicyclic) bond motifs is 13. The summed E-state index contributed by atoms with van der Waals surface area (Å²) < 4.78 is 307. The summed E-state index contributed by atoms with van der Waals surface area (Å²) in [4.78, 5) is 3.64. The molecule has 0 fully saturated rings. The van der Waals surface area contributed by atoms with E-state index in [2.05, 4.69) is 52.2 Å². The first kappa shape index (κ1) is 47.6. The first-order valence-corrected chi connectivity index (χ1v) is 40.3. The minimum Gasteiger partial charge on any atom is -0.310 e. The van der Waals surface area contributed by atoms with Crippen molar-refractivity contribution < 1.29 is 41.1 Å². The van der Waals surface area contributed by atoms with Crippen LogP contribution >= 0.6 is 0 Å². The maximum absolute atomic E-state index is 12.2. The second-order valence-corrected chi connectivity index (χ2v) is 32.8. The molecule has 2 aliphatic heterocycles. The van der Waals surface area contributed by atoms with E-state index in [9.17, 15) is 32.9 Å². The molecule has 0 aliphatic carbocycles. The highest BCUT2D eigenvalue weighted by molar-refractivity contribution is 7.00. The Balaban J connectivity index is 0.983. The maximum Gasteiger partial charge on any atom is 0.252 e. The van der Waals surface area contributed by atoms with E-state index in [4.69, 9.17) is 8.22 Å². The third-order valence-electron chi connectivity index (χ3n) is 23.6. The summed E-state index contributed by atoms with van der Waals surface area (Å²) in [5.74, 6) is 0. The number of nitrogens with zero attached hydrogens (tertiary/aromatic N) is 5. The van der Waals surface area contributed by atoms with Crippen LogP contribution in [0.1, 0.15) is 93.8 Å². The molecule has 0 unspecified atom stereocenters. The van der Waals surface area contributed by atoms with Gasteiger partial charge in [0.2, 0.25) is 0 Å². The molecule has 0 N–H and O–H groups in total. The Kier molecular flexibility index (Phi) is 11.1. The first-order valence-electron chi connectivity index (χ1n) is 55.3. The molecule has 21 aromatic rings. The quantitative estimate of drug-likeness (QED) is 0.114. The Morgan fingerprint density at radius 2 is 0.615 bits per heavy atom. The van der Waals surface area contributed by atoms with Gasteiger partial charge in [0, 0.05) is 94.4 Å². The fourth-order valence-corrected chi connectivity index (χ4v) is 17.8. The van der Waals surface area contributed by atoms with Gasteiger partial charge in [-0.1, -0.05) is 326 Å². The number of hydrogen-bond acceptors (Lipinski definition) is 2. The number of hydrogen-bond donors (Lipinski definition) is 0. The van der Waals surface area contributed by atoms with Gasteiger partial charge >= 0.3 is 0 Å². The zero-order valence-corrected chi connectivity index (χ0v) is 66.8. The van der Waals surface area contributed by atoms with E-state index in [1.165, 1.54) is 0 Å². The van der Waals surface area contributed by atoms with Gasteiger partial charge < -0.3 is 23.5 Å². The highest BCUT2D eigenvalue weighted by Gasteiger charge is 2.47. The number of benzene rings is 18. The summed E-state index contributed by atoms with van der Waals surface area (Å²) in [5.41, 5.74) is 0.954. The summed E-state index contributed by atoms with van der Waals surface area (Å²) in [6.07, 6.45) is 0. The number of aromatic nitrogens is 3. The van der Waals surface area contributed by atoms with E-state index < -0.39 is 276 Å². The van der Waals surface area contributed by atoms with Crippen LogP contribution in [0.15, 0.2) is 412 Å². The van der Waals surface area contributed by atoms with E-state index in [0.29, 0.717) is 55.6 Å². The third kappa shape index (κ3) is 11.7. The molecule has 0 spiro atoms. The van der Waals surface area contributed by atoms with Crippen molar-refractivity contribution in [1.82, 2.24) is 13.7 Å². The third-order valence-corrected chi connectivity index (χ3v) is 23.6. The van der Waals surface area contributed by atoms with Crippen LogP contribution in [0.3, 0.4) is 0 Å². The van der Waals surface area contributed by atoms with Crippen LogP contribution in [-0.4, -0.2) is 20.4 Å². The SMILES string of the molecule is [2H]c1c([2H])c([2H])c(-c2c([2H])c([2H])c3c(c2[2H])c2c([2H])c([2H])c([2H])c([2H])c2n3-c2c([2H])c([2H])c3c(c2[2H])N(c2c(-c4ccccc4)cc(C(C)(C)C)cc2-c2ccccc2)c2cc(-c4ccc5c(c4)c4ccccc4n5-c4ccccc4)cc4c2B3c2c([2H])c([2H])c(-n3c5c([2H])c([2H])c([2H])c([2H])c5c5c([2H])c(-c6c([2H])c([2H])c([2H])c([2H])c6[2H])c([2H])c([2H])c53)c([2H])c2N4c2c(-c3ccccc3)cc(C(C)(C)C)cc2-c2ccccc2)c([2H])c1[2H]. The van der Waals surface area contributed by atoms with Crippen molar-refractivity contribution in [3.05, 3.63) is 423 Å². The Bertz CT molecular complexity index is 9060. The molecule has 0 saturated carbocycles. The predicted octanol–water partition coefficient (Wildman–Crippen LogP) is 29.3. The molecule has 0 saturated heterocycles. The van der Waals surface area contributed by atoms with Gasteiger partial charge in [-0.3, -0.25) is 0 Å². The Morgan fingerprint density at radius 3 is 1.05 bits per heavy atom. The molecular formula is C116H86BN5. The molecule has 18 aromatic carbocycles. The zero-order chi connectivity index (χ0) is 108. The lowest BCUT2D eigenvalue weighted by Crippen LogP contribution is -2.61. The smallest absolute Gasteiger partial charge is 0.252 e. The van der Waals surface area contributed by atoms with E-state index in [1.54, 1.807) is 0 Å². The molecule has 0 bridgehead atoms. The summed E-state index contributed by atoms with van der Waals surface area (Å²) in [6.45, 7) is 10.5. The molecule has 6 heteroatoms. The molecule has 5 nitrogen and oxygen atoms in total. The fourth-order valence-electron chi connectivity index (χ4n) is 17.8. The van der Waals surface area contributed by atoms with Crippen LogP contribution in [-0.2, 0) is 10.8 Å². The molecular weight excluding hydrogens is 1470 g/mol.